The van der Waals surface area contributed by atoms with Gasteiger partial charge in [0.2, 0.25) is 0 Å². The summed E-state index contributed by atoms with van der Waals surface area (Å²) < 4.78 is 17.0. The molecule has 0 saturated carbocycles. The summed E-state index contributed by atoms with van der Waals surface area (Å²) in [4.78, 5) is 0. The monoisotopic (exact) mass is 428 g/mol. The van der Waals surface area contributed by atoms with Crippen LogP contribution in [-0.2, 0) is 9.47 Å². The van der Waals surface area contributed by atoms with E-state index in [1.165, 1.54) is 39.0 Å². The molecule has 0 aromatic heterocycles. The van der Waals surface area contributed by atoms with Gasteiger partial charge in [-0.05, 0) is 0 Å². The minimum absolute atomic E-state index is 0.253. The summed E-state index contributed by atoms with van der Waals surface area (Å²) in [6, 6.07) is 11.5. The van der Waals surface area contributed by atoms with E-state index in [1.807, 2.05) is 7.11 Å². The standard InChI is InChI=1S/C6H13O2.C6H5.2C4H9.Sn/c1-4-6(8-3)5-7-2;1-2-4-6-5-3-1;2*1-3-4-2;/h6H,1,4-5H2,2-3H3;1-5H;2*1,3-4H2,2H3;. The normalized spacial score (nSPS) is 13.2. The van der Waals surface area contributed by atoms with Gasteiger partial charge in [-0.25, -0.2) is 0 Å². The maximum absolute atomic E-state index is 5.64. The summed E-state index contributed by atoms with van der Waals surface area (Å²) in [5.41, 5.74) is 0. The zero-order chi connectivity index (χ0) is 17.0. The summed E-state index contributed by atoms with van der Waals surface area (Å²) in [5, 5.41) is 0. The van der Waals surface area contributed by atoms with Crippen molar-refractivity contribution in [3.8, 4) is 0 Å². The van der Waals surface area contributed by atoms with Crippen molar-refractivity contribution in [2.45, 2.75) is 65.4 Å². The van der Waals surface area contributed by atoms with Crippen LogP contribution in [0.3, 0.4) is 0 Å². The van der Waals surface area contributed by atoms with Gasteiger partial charge in [-0.3, -0.25) is 0 Å². The van der Waals surface area contributed by atoms with Gasteiger partial charge in [0.05, 0.1) is 0 Å². The Morgan fingerprint density at radius 3 is 2.00 bits per heavy atom. The van der Waals surface area contributed by atoms with Gasteiger partial charge >= 0.3 is 148 Å². The Bertz CT molecular complexity index is 386. The van der Waals surface area contributed by atoms with Crippen molar-refractivity contribution >= 4 is 22.0 Å². The van der Waals surface area contributed by atoms with E-state index in [0.29, 0.717) is 0 Å². The van der Waals surface area contributed by atoms with Gasteiger partial charge in [0.15, 0.2) is 0 Å². The molecule has 1 unspecified atom stereocenters. The molecule has 1 aromatic rings. The van der Waals surface area contributed by atoms with Crippen molar-refractivity contribution in [2.75, 3.05) is 20.8 Å². The van der Waals surface area contributed by atoms with Crippen molar-refractivity contribution < 1.29 is 9.47 Å². The predicted octanol–water partition coefficient (Wildman–Crippen LogP) is 4.99. The van der Waals surface area contributed by atoms with E-state index in [0.717, 1.165) is 13.0 Å². The van der Waals surface area contributed by atoms with Crippen molar-refractivity contribution in [1.29, 1.82) is 0 Å². The first kappa shape index (κ1) is 21.0. The van der Waals surface area contributed by atoms with Crippen molar-refractivity contribution in [3.63, 3.8) is 0 Å². The van der Waals surface area contributed by atoms with Crippen LogP contribution in [0.5, 0.6) is 0 Å². The Labute approximate surface area is 147 Å². The van der Waals surface area contributed by atoms with E-state index in [-0.39, 0.29) is 6.10 Å². The van der Waals surface area contributed by atoms with Crippen LogP contribution in [0.15, 0.2) is 30.3 Å². The van der Waals surface area contributed by atoms with Crippen LogP contribution < -0.4 is 3.58 Å². The van der Waals surface area contributed by atoms with Crippen molar-refractivity contribution in [2.24, 2.45) is 0 Å². The van der Waals surface area contributed by atoms with E-state index in [4.69, 9.17) is 9.47 Å². The molecule has 0 fully saturated rings. The number of methoxy groups -OCH3 is 2. The fourth-order valence-electron chi connectivity index (χ4n) is 3.52. The third kappa shape index (κ3) is 7.14. The van der Waals surface area contributed by atoms with E-state index in [2.05, 4.69) is 44.2 Å². The van der Waals surface area contributed by atoms with Crippen LogP contribution in [0.4, 0.5) is 0 Å². The summed E-state index contributed by atoms with van der Waals surface area (Å²) in [6.07, 6.45) is 6.80. The van der Waals surface area contributed by atoms with Crippen molar-refractivity contribution in [1.82, 2.24) is 0 Å². The SMILES string of the molecule is CCC[CH2][Sn]([CH2]CCC)([CH2]CC(COC)OC)[c]1ccccc1. The zero-order valence-electron chi connectivity index (χ0n) is 15.6. The van der Waals surface area contributed by atoms with Gasteiger partial charge < -0.3 is 0 Å². The molecule has 0 aliphatic carbocycles. The molecular weight excluding hydrogens is 391 g/mol. The molecule has 0 aliphatic rings. The number of benzene rings is 1. The van der Waals surface area contributed by atoms with Crippen LogP contribution in [-0.4, -0.2) is 45.3 Å². The Balaban J connectivity index is 2.95. The van der Waals surface area contributed by atoms with Gasteiger partial charge in [0.25, 0.3) is 0 Å². The van der Waals surface area contributed by atoms with Gasteiger partial charge in [-0.2, -0.15) is 0 Å². The quantitative estimate of drug-likeness (QED) is 0.413. The molecule has 0 saturated heterocycles. The summed E-state index contributed by atoms with van der Waals surface area (Å²) in [6.45, 7) is 5.36. The zero-order valence-corrected chi connectivity index (χ0v) is 18.5. The molecular formula is C20H36O2Sn. The van der Waals surface area contributed by atoms with Crippen LogP contribution in [0.2, 0.25) is 13.3 Å². The first-order valence-electron chi connectivity index (χ1n) is 9.29. The molecule has 132 valence electrons. The number of ether oxygens (including phenoxy) is 2. The van der Waals surface area contributed by atoms with Gasteiger partial charge in [0, 0.05) is 0 Å². The molecule has 0 aliphatic heterocycles. The predicted molar refractivity (Wildman–Crippen MR) is 103 cm³/mol. The fraction of sp³-hybridized carbons (Fsp3) is 0.700. The molecule has 0 bridgehead atoms. The van der Waals surface area contributed by atoms with Crippen LogP contribution in [0, 0.1) is 0 Å². The van der Waals surface area contributed by atoms with Crippen molar-refractivity contribution in [3.05, 3.63) is 30.3 Å². The average molecular weight is 427 g/mol. The summed E-state index contributed by atoms with van der Waals surface area (Å²) in [7, 11) is 3.59. The molecule has 2 nitrogen and oxygen atoms in total. The van der Waals surface area contributed by atoms with Gasteiger partial charge in [-0.15, -0.1) is 0 Å². The van der Waals surface area contributed by atoms with Gasteiger partial charge in [-0.1, -0.05) is 0 Å². The van der Waals surface area contributed by atoms with E-state index in [1.54, 1.807) is 10.7 Å². The summed E-state index contributed by atoms with van der Waals surface area (Å²) in [5.74, 6) is 0. The molecule has 0 radical (unpaired) electrons. The fourth-order valence-corrected chi connectivity index (χ4v) is 19.1. The molecule has 0 amide bonds. The molecule has 3 heteroatoms. The molecule has 0 heterocycles. The second kappa shape index (κ2) is 12.3. The van der Waals surface area contributed by atoms with E-state index >= 15 is 0 Å². The second-order valence-electron chi connectivity index (χ2n) is 6.71. The summed E-state index contributed by atoms with van der Waals surface area (Å²) >= 11 is -2.35. The minimum atomic E-state index is -2.35. The Morgan fingerprint density at radius 1 is 0.913 bits per heavy atom. The average Bonchev–Trinajstić information content (AvgIpc) is 2.61. The van der Waals surface area contributed by atoms with Crippen LogP contribution in [0.25, 0.3) is 0 Å². The van der Waals surface area contributed by atoms with Crippen LogP contribution >= 0.6 is 0 Å². The molecule has 1 aromatic carbocycles. The first-order valence-corrected chi connectivity index (χ1v) is 16.8. The number of hydrogen-bond donors (Lipinski definition) is 0. The van der Waals surface area contributed by atoms with E-state index in [9.17, 15) is 0 Å². The topological polar surface area (TPSA) is 18.5 Å². The number of rotatable bonds is 13. The third-order valence-electron chi connectivity index (χ3n) is 5.03. The number of hydrogen-bond acceptors (Lipinski definition) is 2. The molecule has 1 atom stereocenters. The first-order chi connectivity index (χ1) is 11.2. The second-order valence-corrected chi connectivity index (χ2v) is 19.9. The number of unbranched alkanes of at least 4 members (excludes halogenated alkanes) is 2. The Morgan fingerprint density at radius 2 is 1.52 bits per heavy atom. The molecule has 0 N–H and O–H groups in total. The van der Waals surface area contributed by atoms with Gasteiger partial charge in [0.1, 0.15) is 0 Å². The third-order valence-corrected chi connectivity index (χ3v) is 20.5. The Hall–Kier alpha value is -0.0613. The molecule has 1 rings (SSSR count). The van der Waals surface area contributed by atoms with Crippen LogP contribution in [0.1, 0.15) is 46.0 Å². The molecule has 23 heavy (non-hydrogen) atoms. The maximum atomic E-state index is 5.64. The molecule has 0 spiro atoms. The van der Waals surface area contributed by atoms with E-state index < -0.39 is 18.4 Å². The Kier molecular flexibility index (Phi) is 11.2.